The van der Waals surface area contributed by atoms with E-state index in [1.165, 1.54) is 46.6 Å². The topological polar surface area (TPSA) is 15.8 Å². The lowest BCUT2D eigenvalue weighted by Gasteiger charge is -2.01. The molecule has 1 heterocycles. The number of fused-ring (bicyclic) bond motifs is 3. The van der Waals surface area contributed by atoms with Gasteiger partial charge in [-0.05, 0) is 24.5 Å². The molecular weight excluding hydrogens is 206 g/mol. The molecule has 0 saturated heterocycles. The standard InChI is InChI=1S/C16H17N/c1-2-3-7-12-8-6-10-14-13-9-4-5-11-15(13)17-16(12)14/h4-6,8-11,17H,2-3,7H2,1H3. The number of para-hydroxylation sites is 2. The van der Waals surface area contributed by atoms with E-state index in [2.05, 4.69) is 54.4 Å². The molecule has 86 valence electrons. The van der Waals surface area contributed by atoms with Gasteiger partial charge in [-0.2, -0.15) is 0 Å². The van der Waals surface area contributed by atoms with E-state index in [0.717, 1.165) is 0 Å². The first kappa shape index (κ1) is 10.4. The van der Waals surface area contributed by atoms with Crippen molar-refractivity contribution in [1.29, 1.82) is 0 Å². The van der Waals surface area contributed by atoms with Crippen LogP contribution in [0.1, 0.15) is 25.3 Å². The zero-order chi connectivity index (χ0) is 11.7. The minimum atomic E-state index is 1.17. The molecule has 3 aromatic rings. The van der Waals surface area contributed by atoms with Gasteiger partial charge in [-0.15, -0.1) is 0 Å². The summed E-state index contributed by atoms with van der Waals surface area (Å²) in [6.45, 7) is 2.24. The number of H-pyrrole nitrogens is 1. The molecule has 0 bridgehead atoms. The van der Waals surface area contributed by atoms with Gasteiger partial charge in [0.25, 0.3) is 0 Å². The molecule has 0 atom stereocenters. The van der Waals surface area contributed by atoms with Crippen LogP contribution < -0.4 is 0 Å². The second kappa shape index (κ2) is 4.25. The van der Waals surface area contributed by atoms with Gasteiger partial charge in [0.15, 0.2) is 0 Å². The first-order chi connectivity index (χ1) is 8.40. The van der Waals surface area contributed by atoms with E-state index < -0.39 is 0 Å². The summed E-state index contributed by atoms with van der Waals surface area (Å²) in [5, 5.41) is 2.69. The van der Waals surface area contributed by atoms with Crippen LogP contribution in [-0.2, 0) is 6.42 Å². The second-order valence-corrected chi connectivity index (χ2v) is 4.61. The Morgan fingerprint density at radius 1 is 0.941 bits per heavy atom. The van der Waals surface area contributed by atoms with Crippen LogP contribution in [0.2, 0.25) is 0 Å². The summed E-state index contributed by atoms with van der Waals surface area (Å²) in [5.41, 5.74) is 4.01. The molecule has 0 aliphatic carbocycles. The van der Waals surface area contributed by atoms with Gasteiger partial charge in [0.1, 0.15) is 0 Å². The average Bonchev–Trinajstić information content (AvgIpc) is 2.75. The minimum Gasteiger partial charge on any atom is -0.354 e. The van der Waals surface area contributed by atoms with Crippen molar-refractivity contribution in [2.24, 2.45) is 0 Å². The molecule has 0 radical (unpaired) electrons. The highest BCUT2D eigenvalue weighted by Gasteiger charge is 2.06. The third kappa shape index (κ3) is 1.72. The molecule has 17 heavy (non-hydrogen) atoms. The predicted molar refractivity (Wildman–Crippen MR) is 74.4 cm³/mol. The molecule has 0 aliphatic rings. The summed E-state index contributed by atoms with van der Waals surface area (Å²) in [4.78, 5) is 3.56. The van der Waals surface area contributed by atoms with E-state index >= 15 is 0 Å². The Kier molecular flexibility index (Phi) is 2.60. The maximum Gasteiger partial charge on any atom is 0.0497 e. The molecule has 0 spiro atoms. The van der Waals surface area contributed by atoms with Crippen molar-refractivity contribution in [2.75, 3.05) is 0 Å². The monoisotopic (exact) mass is 223 g/mol. The molecule has 1 aromatic heterocycles. The molecular formula is C16H17N. The lowest BCUT2D eigenvalue weighted by molar-refractivity contribution is 0.798. The number of aromatic amines is 1. The fourth-order valence-electron chi connectivity index (χ4n) is 2.51. The van der Waals surface area contributed by atoms with Crippen molar-refractivity contribution in [3.8, 4) is 0 Å². The maximum atomic E-state index is 3.56. The van der Waals surface area contributed by atoms with Crippen LogP contribution in [-0.4, -0.2) is 4.98 Å². The molecule has 3 rings (SSSR count). The fraction of sp³-hybridized carbons (Fsp3) is 0.250. The molecule has 0 saturated carbocycles. The Morgan fingerprint density at radius 3 is 2.65 bits per heavy atom. The quantitative estimate of drug-likeness (QED) is 0.664. The lowest BCUT2D eigenvalue weighted by atomic mass is 10.0. The van der Waals surface area contributed by atoms with Gasteiger partial charge in [0.2, 0.25) is 0 Å². The number of unbranched alkanes of at least 4 members (excludes halogenated alkanes) is 1. The number of rotatable bonds is 3. The number of hydrogen-bond donors (Lipinski definition) is 1. The van der Waals surface area contributed by atoms with Crippen LogP contribution in [0.4, 0.5) is 0 Å². The molecule has 1 N–H and O–H groups in total. The summed E-state index contributed by atoms with van der Waals surface area (Å²) >= 11 is 0. The number of benzene rings is 2. The van der Waals surface area contributed by atoms with Crippen LogP contribution in [0, 0.1) is 0 Å². The first-order valence-electron chi connectivity index (χ1n) is 6.38. The van der Waals surface area contributed by atoms with Gasteiger partial charge >= 0.3 is 0 Å². The molecule has 0 fully saturated rings. The number of hydrogen-bond acceptors (Lipinski definition) is 0. The lowest BCUT2D eigenvalue weighted by Crippen LogP contribution is -1.86. The van der Waals surface area contributed by atoms with Crippen LogP contribution >= 0.6 is 0 Å². The van der Waals surface area contributed by atoms with Crippen molar-refractivity contribution < 1.29 is 0 Å². The van der Waals surface area contributed by atoms with Crippen molar-refractivity contribution >= 4 is 21.8 Å². The van der Waals surface area contributed by atoms with Crippen LogP contribution in [0.25, 0.3) is 21.8 Å². The Hall–Kier alpha value is -1.76. The largest absolute Gasteiger partial charge is 0.354 e. The van der Waals surface area contributed by atoms with E-state index in [4.69, 9.17) is 0 Å². The van der Waals surface area contributed by atoms with Crippen molar-refractivity contribution in [2.45, 2.75) is 26.2 Å². The highest BCUT2D eigenvalue weighted by Crippen LogP contribution is 2.28. The fourth-order valence-corrected chi connectivity index (χ4v) is 2.51. The number of aromatic nitrogens is 1. The molecule has 0 amide bonds. The summed E-state index contributed by atoms with van der Waals surface area (Å²) in [5.74, 6) is 0. The smallest absolute Gasteiger partial charge is 0.0497 e. The Morgan fingerprint density at radius 2 is 1.76 bits per heavy atom. The van der Waals surface area contributed by atoms with Crippen molar-refractivity contribution in [3.63, 3.8) is 0 Å². The van der Waals surface area contributed by atoms with Crippen LogP contribution in [0.15, 0.2) is 42.5 Å². The Labute approximate surface area is 101 Å². The van der Waals surface area contributed by atoms with Gasteiger partial charge < -0.3 is 4.98 Å². The third-order valence-corrected chi connectivity index (χ3v) is 3.43. The van der Waals surface area contributed by atoms with Gasteiger partial charge in [-0.1, -0.05) is 49.7 Å². The second-order valence-electron chi connectivity index (χ2n) is 4.61. The zero-order valence-electron chi connectivity index (χ0n) is 10.2. The molecule has 1 nitrogen and oxygen atoms in total. The van der Waals surface area contributed by atoms with Gasteiger partial charge in [0, 0.05) is 21.8 Å². The Bertz CT molecular complexity index is 649. The average molecular weight is 223 g/mol. The molecule has 0 aliphatic heterocycles. The minimum absolute atomic E-state index is 1.17. The summed E-state index contributed by atoms with van der Waals surface area (Å²) in [6, 6.07) is 15.2. The van der Waals surface area contributed by atoms with E-state index in [1.807, 2.05) is 0 Å². The van der Waals surface area contributed by atoms with Gasteiger partial charge in [-0.3, -0.25) is 0 Å². The predicted octanol–water partition coefficient (Wildman–Crippen LogP) is 4.66. The Balaban J connectivity index is 2.24. The third-order valence-electron chi connectivity index (χ3n) is 3.43. The van der Waals surface area contributed by atoms with Gasteiger partial charge in [0.05, 0.1) is 0 Å². The normalized spacial score (nSPS) is 11.4. The van der Waals surface area contributed by atoms with E-state index in [0.29, 0.717) is 0 Å². The maximum absolute atomic E-state index is 3.56. The van der Waals surface area contributed by atoms with E-state index in [-0.39, 0.29) is 0 Å². The molecule has 2 aromatic carbocycles. The summed E-state index contributed by atoms with van der Waals surface area (Å²) in [7, 11) is 0. The highest BCUT2D eigenvalue weighted by atomic mass is 14.7. The zero-order valence-corrected chi connectivity index (χ0v) is 10.2. The summed E-state index contributed by atoms with van der Waals surface area (Å²) < 4.78 is 0. The van der Waals surface area contributed by atoms with Gasteiger partial charge in [-0.25, -0.2) is 0 Å². The number of aryl methyl sites for hydroxylation is 1. The summed E-state index contributed by atoms with van der Waals surface area (Å²) in [6.07, 6.45) is 3.67. The molecule has 1 heteroatoms. The van der Waals surface area contributed by atoms with Crippen LogP contribution in [0.3, 0.4) is 0 Å². The van der Waals surface area contributed by atoms with E-state index in [9.17, 15) is 0 Å². The molecule has 0 unspecified atom stereocenters. The number of nitrogens with one attached hydrogen (secondary N) is 1. The van der Waals surface area contributed by atoms with E-state index in [1.54, 1.807) is 0 Å². The van der Waals surface area contributed by atoms with Crippen molar-refractivity contribution in [1.82, 2.24) is 4.98 Å². The van der Waals surface area contributed by atoms with Crippen LogP contribution in [0.5, 0.6) is 0 Å². The van der Waals surface area contributed by atoms with Crippen molar-refractivity contribution in [3.05, 3.63) is 48.0 Å². The SMILES string of the molecule is CCCCc1cccc2c1[nH]c1ccccc12. The highest BCUT2D eigenvalue weighted by molar-refractivity contribution is 6.08. The first-order valence-corrected chi connectivity index (χ1v) is 6.38.